The van der Waals surface area contributed by atoms with E-state index in [0.717, 1.165) is 17.7 Å². The molecule has 0 radical (unpaired) electrons. The molecule has 0 heterocycles. The Morgan fingerprint density at radius 2 is 2.00 bits per heavy atom. The first-order chi connectivity index (χ1) is 7.63. The Balaban J connectivity index is 2.73. The van der Waals surface area contributed by atoms with Crippen molar-refractivity contribution in [2.45, 2.75) is 6.54 Å². The first kappa shape index (κ1) is 11.9. The number of aliphatic carboxylic acids is 1. The van der Waals surface area contributed by atoms with Crippen molar-refractivity contribution in [1.82, 2.24) is 0 Å². The van der Waals surface area contributed by atoms with E-state index in [9.17, 15) is 9.59 Å². The number of hydrogen-bond donors (Lipinski definition) is 3. The Kier molecular flexibility index (Phi) is 4.23. The number of hydrogen-bond acceptors (Lipinski definition) is 3. The van der Waals surface area contributed by atoms with Crippen molar-refractivity contribution in [2.24, 2.45) is 5.73 Å². The summed E-state index contributed by atoms with van der Waals surface area (Å²) in [5, 5.41) is 10.9. The van der Waals surface area contributed by atoms with E-state index in [-0.39, 0.29) is 0 Å². The fourth-order valence-corrected chi connectivity index (χ4v) is 1.14. The highest BCUT2D eigenvalue weighted by atomic mass is 16.4. The number of carboxylic acids is 1. The number of nitrogens with two attached hydrogens (primary N) is 1. The van der Waals surface area contributed by atoms with Crippen LogP contribution in [0.3, 0.4) is 0 Å². The zero-order valence-electron chi connectivity index (χ0n) is 8.51. The van der Waals surface area contributed by atoms with Crippen LogP contribution in [0.2, 0.25) is 0 Å². The van der Waals surface area contributed by atoms with Gasteiger partial charge in [0, 0.05) is 24.4 Å². The van der Waals surface area contributed by atoms with E-state index in [4.69, 9.17) is 10.8 Å². The highest BCUT2D eigenvalue weighted by molar-refractivity contribution is 6.02. The molecule has 0 saturated heterocycles. The lowest BCUT2D eigenvalue weighted by atomic mass is 10.2. The minimum atomic E-state index is -1.16. The van der Waals surface area contributed by atoms with Crippen LogP contribution in [0.25, 0.3) is 0 Å². The zero-order chi connectivity index (χ0) is 12.0. The lowest BCUT2D eigenvalue weighted by Crippen LogP contribution is -2.11. The normalized spacial score (nSPS) is 10.3. The molecule has 1 aromatic carbocycles. The summed E-state index contributed by atoms with van der Waals surface area (Å²) in [6, 6.07) is 7.06. The number of carbonyl (C=O) groups is 2. The van der Waals surface area contributed by atoms with E-state index in [1.54, 1.807) is 18.2 Å². The number of amides is 1. The minimum absolute atomic E-state index is 0.305. The first-order valence-electron chi connectivity index (χ1n) is 4.63. The summed E-state index contributed by atoms with van der Waals surface area (Å²) in [7, 11) is 0. The molecule has 0 aromatic heterocycles. The molecule has 84 valence electrons. The van der Waals surface area contributed by atoms with Crippen LogP contribution in [0.15, 0.2) is 36.4 Å². The molecular formula is C11H12N2O3. The van der Waals surface area contributed by atoms with Crippen molar-refractivity contribution in [1.29, 1.82) is 0 Å². The number of para-hydroxylation sites is 1. The molecule has 0 aliphatic heterocycles. The van der Waals surface area contributed by atoms with Gasteiger partial charge in [-0.05, 0) is 11.6 Å². The van der Waals surface area contributed by atoms with Crippen LogP contribution in [0.5, 0.6) is 0 Å². The van der Waals surface area contributed by atoms with Crippen molar-refractivity contribution in [3.63, 3.8) is 0 Å². The predicted octanol–water partition coefficient (Wildman–Crippen LogP) is 0.725. The number of benzene rings is 1. The third-order valence-electron chi connectivity index (χ3n) is 1.87. The number of carboxylic acid groups (broad SMARTS) is 1. The molecule has 5 heteroatoms. The molecule has 0 fully saturated rings. The summed E-state index contributed by atoms with van der Waals surface area (Å²) in [5.74, 6) is -1.66. The fraction of sp³-hybridized carbons (Fsp3) is 0.0909. The second-order valence-electron chi connectivity index (χ2n) is 3.02. The van der Waals surface area contributed by atoms with Crippen molar-refractivity contribution < 1.29 is 14.7 Å². The van der Waals surface area contributed by atoms with Gasteiger partial charge in [0.15, 0.2) is 0 Å². The van der Waals surface area contributed by atoms with Gasteiger partial charge >= 0.3 is 5.97 Å². The second kappa shape index (κ2) is 5.67. The van der Waals surface area contributed by atoms with Crippen LogP contribution >= 0.6 is 0 Å². The largest absolute Gasteiger partial charge is 0.478 e. The molecular weight excluding hydrogens is 208 g/mol. The third-order valence-corrected chi connectivity index (χ3v) is 1.87. The van der Waals surface area contributed by atoms with Gasteiger partial charge in [0.1, 0.15) is 0 Å². The molecule has 0 bridgehead atoms. The van der Waals surface area contributed by atoms with Crippen molar-refractivity contribution in [2.75, 3.05) is 5.32 Å². The molecule has 5 nitrogen and oxygen atoms in total. The SMILES string of the molecule is NCc1ccccc1NC(=O)/C=C\C(=O)O. The Hall–Kier alpha value is -2.14. The highest BCUT2D eigenvalue weighted by Crippen LogP contribution is 2.13. The Morgan fingerprint density at radius 3 is 2.62 bits per heavy atom. The number of nitrogens with one attached hydrogen (secondary N) is 1. The maximum absolute atomic E-state index is 11.3. The molecule has 1 aromatic rings. The van der Waals surface area contributed by atoms with Crippen molar-refractivity contribution in [3.05, 3.63) is 42.0 Å². The molecule has 0 spiro atoms. The van der Waals surface area contributed by atoms with E-state index in [1.165, 1.54) is 0 Å². The lowest BCUT2D eigenvalue weighted by Gasteiger charge is -2.07. The number of rotatable bonds is 4. The standard InChI is InChI=1S/C11H12N2O3/c12-7-8-3-1-2-4-9(8)13-10(14)5-6-11(15)16/h1-6H,7,12H2,(H,13,14)(H,15,16)/b6-5-. The van der Waals surface area contributed by atoms with Gasteiger partial charge in [-0.3, -0.25) is 4.79 Å². The smallest absolute Gasteiger partial charge is 0.328 e. The van der Waals surface area contributed by atoms with Crippen LogP contribution in [-0.4, -0.2) is 17.0 Å². The Labute approximate surface area is 92.6 Å². The summed E-state index contributed by atoms with van der Waals surface area (Å²) in [4.78, 5) is 21.5. The Morgan fingerprint density at radius 1 is 1.31 bits per heavy atom. The maximum atomic E-state index is 11.3. The molecule has 16 heavy (non-hydrogen) atoms. The van der Waals surface area contributed by atoms with Crippen LogP contribution in [-0.2, 0) is 16.1 Å². The first-order valence-corrected chi connectivity index (χ1v) is 4.63. The monoisotopic (exact) mass is 220 g/mol. The predicted molar refractivity (Wildman–Crippen MR) is 59.7 cm³/mol. The van der Waals surface area contributed by atoms with Gasteiger partial charge in [0.25, 0.3) is 0 Å². The van der Waals surface area contributed by atoms with E-state index >= 15 is 0 Å². The lowest BCUT2D eigenvalue weighted by molar-refractivity contribution is -0.131. The molecule has 0 saturated carbocycles. The zero-order valence-corrected chi connectivity index (χ0v) is 8.51. The molecule has 0 unspecified atom stereocenters. The minimum Gasteiger partial charge on any atom is -0.478 e. The van der Waals surface area contributed by atoms with Gasteiger partial charge in [-0.15, -0.1) is 0 Å². The Bertz CT molecular complexity index is 427. The topological polar surface area (TPSA) is 92.4 Å². The summed E-state index contributed by atoms with van der Waals surface area (Å²) >= 11 is 0. The molecule has 1 rings (SSSR count). The van der Waals surface area contributed by atoms with E-state index in [0.29, 0.717) is 12.2 Å². The average Bonchev–Trinajstić information content (AvgIpc) is 2.27. The molecule has 1 amide bonds. The molecule has 4 N–H and O–H groups in total. The van der Waals surface area contributed by atoms with Gasteiger partial charge < -0.3 is 16.2 Å². The highest BCUT2D eigenvalue weighted by Gasteiger charge is 2.02. The summed E-state index contributed by atoms with van der Waals surface area (Å²) in [6.07, 6.45) is 1.73. The van der Waals surface area contributed by atoms with Gasteiger partial charge in [-0.1, -0.05) is 18.2 Å². The van der Waals surface area contributed by atoms with Crippen LogP contribution < -0.4 is 11.1 Å². The molecule has 0 atom stereocenters. The summed E-state index contributed by atoms with van der Waals surface area (Å²) < 4.78 is 0. The van der Waals surface area contributed by atoms with Crippen LogP contribution in [0.4, 0.5) is 5.69 Å². The van der Waals surface area contributed by atoms with Crippen LogP contribution in [0, 0.1) is 0 Å². The fourth-order valence-electron chi connectivity index (χ4n) is 1.14. The van der Waals surface area contributed by atoms with E-state index < -0.39 is 11.9 Å². The quantitative estimate of drug-likeness (QED) is 0.652. The third kappa shape index (κ3) is 3.55. The second-order valence-corrected chi connectivity index (χ2v) is 3.02. The van der Waals surface area contributed by atoms with Crippen molar-refractivity contribution in [3.8, 4) is 0 Å². The molecule has 0 aliphatic carbocycles. The van der Waals surface area contributed by atoms with E-state index in [1.807, 2.05) is 6.07 Å². The summed E-state index contributed by atoms with van der Waals surface area (Å²) in [5.41, 5.74) is 6.86. The van der Waals surface area contributed by atoms with Crippen LogP contribution in [0.1, 0.15) is 5.56 Å². The van der Waals surface area contributed by atoms with Crippen molar-refractivity contribution >= 4 is 17.6 Å². The number of anilines is 1. The average molecular weight is 220 g/mol. The summed E-state index contributed by atoms with van der Waals surface area (Å²) in [6.45, 7) is 0.305. The van der Waals surface area contributed by atoms with E-state index in [2.05, 4.69) is 5.32 Å². The van der Waals surface area contributed by atoms with Gasteiger partial charge in [-0.2, -0.15) is 0 Å². The maximum Gasteiger partial charge on any atom is 0.328 e. The number of carbonyl (C=O) groups excluding carboxylic acids is 1. The van der Waals surface area contributed by atoms with Gasteiger partial charge in [-0.25, -0.2) is 4.79 Å². The van der Waals surface area contributed by atoms with Gasteiger partial charge in [0.05, 0.1) is 0 Å². The van der Waals surface area contributed by atoms with Gasteiger partial charge in [0.2, 0.25) is 5.91 Å². The molecule has 0 aliphatic rings.